The highest BCUT2D eigenvalue weighted by atomic mass is 16.1. The number of hydrogen-bond acceptors (Lipinski definition) is 3. The Morgan fingerprint density at radius 1 is 1.35 bits per heavy atom. The van der Waals surface area contributed by atoms with Crippen LogP contribution in [0.15, 0.2) is 12.3 Å². The highest BCUT2D eigenvalue weighted by Gasteiger charge is 2.31. The van der Waals surface area contributed by atoms with Crippen LogP contribution in [-0.2, 0) is 7.05 Å². The summed E-state index contributed by atoms with van der Waals surface area (Å²) in [4.78, 5) is 15.2. The van der Waals surface area contributed by atoms with Gasteiger partial charge in [0, 0.05) is 31.9 Å². The van der Waals surface area contributed by atoms with E-state index in [4.69, 9.17) is 5.41 Å². The lowest BCUT2D eigenvalue weighted by atomic mass is 9.89. The second kappa shape index (κ2) is 6.71. The number of hydrogen-bond donors (Lipinski definition) is 2. The molecule has 126 valence electrons. The number of aryl methyl sites for hydroxylation is 1. The van der Waals surface area contributed by atoms with Gasteiger partial charge < -0.3 is 14.8 Å². The second-order valence-corrected chi connectivity index (χ2v) is 6.86. The smallest absolute Gasteiger partial charge is 0.253 e. The summed E-state index contributed by atoms with van der Waals surface area (Å²) >= 11 is 0. The number of carbonyl (C=O) groups is 1. The first-order chi connectivity index (χ1) is 10.8. The van der Waals surface area contributed by atoms with Crippen molar-refractivity contribution in [2.45, 2.75) is 39.2 Å². The van der Waals surface area contributed by atoms with Crippen molar-refractivity contribution < 1.29 is 4.79 Å². The molecule has 23 heavy (non-hydrogen) atoms. The number of rotatable bonds is 3. The minimum atomic E-state index is -0.164. The fourth-order valence-corrected chi connectivity index (χ4v) is 3.06. The molecule has 0 bridgehead atoms. The number of nitrogens with zero attached hydrogens (tertiary/aromatic N) is 2. The molecule has 1 aliphatic rings. The fourth-order valence-electron chi connectivity index (χ4n) is 3.06. The van der Waals surface area contributed by atoms with Crippen molar-refractivity contribution in [1.29, 1.82) is 5.41 Å². The van der Waals surface area contributed by atoms with E-state index in [0.29, 0.717) is 11.1 Å². The molecule has 1 fully saturated rings. The first kappa shape index (κ1) is 17.5. The SMILES string of the molecule is C/C=C\c1c(C(=O)NC2(C)CCN(C)CC2)cn(C)c(=N)c1C. The lowest BCUT2D eigenvalue weighted by Crippen LogP contribution is -2.52. The van der Waals surface area contributed by atoms with Crippen molar-refractivity contribution in [1.82, 2.24) is 14.8 Å². The molecule has 0 radical (unpaired) electrons. The number of likely N-dealkylation sites (tertiary alicyclic amines) is 1. The van der Waals surface area contributed by atoms with Crippen LogP contribution < -0.4 is 10.8 Å². The molecule has 2 rings (SSSR count). The van der Waals surface area contributed by atoms with Crippen molar-refractivity contribution in [3.8, 4) is 0 Å². The van der Waals surface area contributed by atoms with Crippen molar-refractivity contribution >= 4 is 12.0 Å². The summed E-state index contributed by atoms with van der Waals surface area (Å²) in [5.74, 6) is -0.0520. The lowest BCUT2D eigenvalue weighted by Gasteiger charge is -2.38. The summed E-state index contributed by atoms with van der Waals surface area (Å²) in [6.45, 7) is 7.94. The average molecular weight is 316 g/mol. The number of aromatic nitrogens is 1. The summed E-state index contributed by atoms with van der Waals surface area (Å²) in [6.07, 6.45) is 7.50. The quantitative estimate of drug-likeness (QED) is 0.897. The molecule has 5 nitrogen and oxygen atoms in total. The standard InChI is InChI=1S/C18H28N4O/c1-6-7-14-13(2)16(19)22(5)12-15(14)17(23)20-18(3)8-10-21(4)11-9-18/h6-7,12,19H,8-11H2,1-5H3,(H,20,23)/b7-6-,19-16?. The van der Waals surface area contributed by atoms with E-state index in [1.165, 1.54) is 0 Å². The monoisotopic (exact) mass is 316 g/mol. The van der Waals surface area contributed by atoms with E-state index in [1.807, 2.05) is 33.0 Å². The number of nitrogens with one attached hydrogen (secondary N) is 2. The van der Waals surface area contributed by atoms with Gasteiger partial charge in [-0.2, -0.15) is 0 Å². The Bertz CT molecular complexity index is 679. The highest BCUT2D eigenvalue weighted by Crippen LogP contribution is 2.22. The summed E-state index contributed by atoms with van der Waals surface area (Å²) in [5, 5.41) is 11.3. The molecule has 0 aromatic carbocycles. The van der Waals surface area contributed by atoms with Crippen LogP contribution in [0.2, 0.25) is 0 Å². The maximum atomic E-state index is 12.9. The molecule has 1 amide bonds. The number of allylic oxidation sites excluding steroid dienone is 1. The maximum absolute atomic E-state index is 12.9. The summed E-state index contributed by atoms with van der Waals surface area (Å²) in [5.41, 5.74) is 2.57. The Hall–Kier alpha value is -1.88. The van der Waals surface area contributed by atoms with Gasteiger partial charge in [-0.05, 0) is 51.8 Å². The van der Waals surface area contributed by atoms with Crippen LogP contribution in [0.25, 0.3) is 6.08 Å². The van der Waals surface area contributed by atoms with Gasteiger partial charge in [0.15, 0.2) is 0 Å². The molecule has 1 saturated heterocycles. The van der Waals surface area contributed by atoms with Gasteiger partial charge in [0.1, 0.15) is 5.49 Å². The van der Waals surface area contributed by atoms with Gasteiger partial charge in [-0.3, -0.25) is 10.2 Å². The van der Waals surface area contributed by atoms with Crippen LogP contribution in [0.1, 0.15) is 48.2 Å². The van der Waals surface area contributed by atoms with Crippen LogP contribution in [0.4, 0.5) is 0 Å². The molecule has 1 aromatic heterocycles. The van der Waals surface area contributed by atoms with Crippen molar-refractivity contribution in [3.63, 3.8) is 0 Å². The third-order valence-corrected chi connectivity index (χ3v) is 4.81. The Labute approximate surface area is 138 Å². The fraction of sp³-hybridized carbons (Fsp3) is 0.556. The Morgan fingerprint density at radius 3 is 2.52 bits per heavy atom. The van der Waals surface area contributed by atoms with Crippen LogP contribution in [-0.4, -0.2) is 41.1 Å². The van der Waals surface area contributed by atoms with Crippen LogP contribution in [0.3, 0.4) is 0 Å². The molecule has 0 unspecified atom stereocenters. The first-order valence-corrected chi connectivity index (χ1v) is 8.16. The van der Waals surface area contributed by atoms with Gasteiger partial charge >= 0.3 is 0 Å². The molecule has 2 N–H and O–H groups in total. The molecule has 1 aromatic rings. The van der Waals surface area contributed by atoms with Crippen molar-refractivity contribution in [2.24, 2.45) is 7.05 Å². The number of carbonyl (C=O) groups excluding carboxylic acids is 1. The molecule has 0 saturated carbocycles. The first-order valence-electron chi connectivity index (χ1n) is 8.16. The van der Waals surface area contributed by atoms with E-state index in [9.17, 15) is 4.79 Å². The molecule has 0 spiro atoms. The van der Waals surface area contributed by atoms with E-state index in [1.54, 1.807) is 10.8 Å². The summed E-state index contributed by atoms with van der Waals surface area (Å²) < 4.78 is 1.70. The highest BCUT2D eigenvalue weighted by molar-refractivity contribution is 5.98. The zero-order valence-corrected chi connectivity index (χ0v) is 14.9. The normalized spacial score (nSPS) is 18.3. The third kappa shape index (κ3) is 3.72. The van der Waals surface area contributed by atoms with E-state index in [2.05, 4.69) is 24.2 Å². The topological polar surface area (TPSA) is 61.1 Å². The van der Waals surface area contributed by atoms with Crippen LogP contribution in [0.5, 0.6) is 0 Å². The van der Waals surface area contributed by atoms with E-state index >= 15 is 0 Å². The lowest BCUT2D eigenvalue weighted by molar-refractivity contribution is 0.0851. The molecule has 1 aliphatic heterocycles. The predicted molar refractivity (Wildman–Crippen MR) is 93.3 cm³/mol. The average Bonchev–Trinajstić information content (AvgIpc) is 2.51. The zero-order chi connectivity index (χ0) is 17.2. The Morgan fingerprint density at radius 2 is 1.96 bits per heavy atom. The van der Waals surface area contributed by atoms with E-state index < -0.39 is 0 Å². The van der Waals surface area contributed by atoms with Gasteiger partial charge in [0.05, 0.1) is 5.56 Å². The number of piperidine rings is 1. The predicted octanol–water partition coefficient (Wildman–Crippen LogP) is 2.06. The molecule has 2 heterocycles. The Balaban J connectivity index is 2.34. The molecule has 0 atom stereocenters. The maximum Gasteiger partial charge on any atom is 0.253 e. The minimum Gasteiger partial charge on any atom is -0.347 e. The van der Waals surface area contributed by atoms with Crippen molar-refractivity contribution in [2.75, 3.05) is 20.1 Å². The van der Waals surface area contributed by atoms with Gasteiger partial charge in [-0.15, -0.1) is 0 Å². The van der Waals surface area contributed by atoms with Crippen LogP contribution >= 0.6 is 0 Å². The number of pyridine rings is 1. The zero-order valence-electron chi connectivity index (χ0n) is 14.9. The molecule has 0 aliphatic carbocycles. The largest absolute Gasteiger partial charge is 0.347 e. The van der Waals surface area contributed by atoms with Crippen molar-refractivity contribution in [3.05, 3.63) is 34.5 Å². The van der Waals surface area contributed by atoms with Gasteiger partial charge in [-0.25, -0.2) is 0 Å². The third-order valence-electron chi connectivity index (χ3n) is 4.81. The minimum absolute atomic E-state index is 0.0520. The van der Waals surface area contributed by atoms with Gasteiger partial charge in [-0.1, -0.05) is 12.2 Å². The van der Waals surface area contributed by atoms with Gasteiger partial charge in [0.25, 0.3) is 5.91 Å². The summed E-state index contributed by atoms with van der Waals surface area (Å²) in [6, 6.07) is 0. The second-order valence-electron chi connectivity index (χ2n) is 6.86. The Kier molecular flexibility index (Phi) is 5.09. The summed E-state index contributed by atoms with van der Waals surface area (Å²) in [7, 11) is 3.92. The molecular formula is C18H28N4O. The van der Waals surface area contributed by atoms with E-state index in [-0.39, 0.29) is 11.4 Å². The molecule has 5 heteroatoms. The van der Waals surface area contributed by atoms with Crippen LogP contribution in [0, 0.1) is 12.3 Å². The van der Waals surface area contributed by atoms with E-state index in [0.717, 1.165) is 37.1 Å². The number of amides is 1. The van der Waals surface area contributed by atoms with Gasteiger partial charge in [0.2, 0.25) is 0 Å². The molecular weight excluding hydrogens is 288 g/mol.